The van der Waals surface area contributed by atoms with E-state index in [-0.39, 0.29) is 12.0 Å². The second kappa shape index (κ2) is 4.89. The van der Waals surface area contributed by atoms with Crippen molar-refractivity contribution in [3.05, 3.63) is 24.4 Å². The summed E-state index contributed by atoms with van der Waals surface area (Å²) < 4.78 is 5.38. The lowest BCUT2D eigenvalue weighted by Gasteiger charge is -2.08. The topological polar surface area (TPSA) is 51.2 Å². The van der Waals surface area contributed by atoms with Crippen molar-refractivity contribution < 1.29 is 9.53 Å². The summed E-state index contributed by atoms with van der Waals surface area (Å²) in [6, 6.07) is 5.43. The van der Waals surface area contributed by atoms with Crippen LogP contribution in [0.2, 0.25) is 0 Å². The molecule has 1 unspecified atom stereocenters. The zero-order valence-electron chi connectivity index (χ0n) is 8.48. The highest BCUT2D eigenvalue weighted by Gasteiger charge is 2.18. The Morgan fingerprint density at radius 1 is 1.60 bits per heavy atom. The highest BCUT2D eigenvalue weighted by atomic mass is 16.5. The van der Waals surface area contributed by atoms with Crippen LogP contribution < -0.4 is 5.32 Å². The lowest BCUT2D eigenvalue weighted by molar-refractivity contribution is -0.118. The number of ether oxygens (including phenoxy) is 1. The molecule has 1 aromatic rings. The van der Waals surface area contributed by atoms with Gasteiger partial charge in [0.25, 0.3) is 0 Å². The number of nitrogens with one attached hydrogen (secondary N) is 1. The molecule has 1 amide bonds. The molecular weight excluding hydrogens is 192 g/mol. The van der Waals surface area contributed by atoms with Crippen molar-refractivity contribution >= 4 is 11.7 Å². The van der Waals surface area contributed by atoms with Gasteiger partial charge in [0, 0.05) is 12.8 Å². The first-order valence-electron chi connectivity index (χ1n) is 5.17. The van der Waals surface area contributed by atoms with Crippen molar-refractivity contribution in [2.75, 3.05) is 11.9 Å². The molecule has 4 nitrogen and oxygen atoms in total. The molecule has 1 aliphatic rings. The fraction of sp³-hybridized carbons (Fsp3) is 0.455. The lowest BCUT2D eigenvalue weighted by Crippen LogP contribution is -2.19. The molecule has 1 fully saturated rings. The fourth-order valence-electron chi connectivity index (χ4n) is 1.64. The van der Waals surface area contributed by atoms with Gasteiger partial charge in [-0.15, -0.1) is 0 Å². The van der Waals surface area contributed by atoms with Crippen molar-refractivity contribution in [3.63, 3.8) is 0 Å². The smallest absolute Gasteiger partial charge is 0.228 e. The third kappa shape index (κ3) is 3.02. The van der Waals surface area contributed by atoms with Gasteiger partial charge in [0.1, 0.15) is 5.82 Å². The summed E-state index contributed by atoms with van der Waals surface area (Å²) in [5.74, 6) is 0.570. The van der Waals surface area contributed by atoms with Gasteiger partial charge in [-0.05, 0) is 25.0 Å². The number of carbonyl (C=O) groups is 1. The lowest BCUT2D eigenvalue weighted by atomic mass is 10.2. The molecule has 0 spiro atoms. The number of rotatable bonds is 3. The Balaban J connectivity index is 1.82. The number of hydrogen-bond acceptors (Lipinski definition) is 3. The maximum atomic E-state index is 11.5. The van der Waals surface area contributed by atoms with Crippen molar-refractivity contribution in [1.29, 1.82) is 0 Å². The number of hydrogen-bond donors (Lipinski definition) is 1. The first-order valence-corrected chi connectivity index (χ1v) is 5.17. The Morgan fingerprint density at radius 3 is 3.20 bits per heavy atom. The average Bonchev–Trinajstić information content (AvgIpc) is 2.71. The van der Waals surface area contributed by atoms with Crippen LogP contribution in [0.5, 0.6) is 0 Å². The van der Waals surface area contributed by atoms with Crippen LogP contribution in [-0.4, -0.2) is 23.6 Å². The summed E-state index contributed by atoms with van der Waals surface area (Å²) in [6.07, 6.45) is 4.21. The number of amides is 1. The van der Waals surface area contributed by atoms with Gasteiger partial charge < -0.3 is 10.1 Å². The van der Waals surface area contributed by atoms with E-state index >= 15 is 0 Å². The molecule has 1 saturated heterocycles. The Kier molecular flexibility index (Phi) is 3.29. The molecule has 0 radical (unpaired) electrons. The maximum Gasteiger partial charge on any atom is 0.228 e. The SMILES string of the molecule is O=C(CC1CCCO1)Nc1ccccn1. The van der Waals surface area contributed by atoms with Crippen molar-refractivity contribution in [2.24, 2.45) is 0 Å². The summed E-state index contributed by atoms with van der Waals surface area (Å²) in [5.41, 5.74) is 0. The monoisotopic (exact) mass is 206 g/mol. The summed E-state index contributed by atoms with van der Waals surface area (Å²) in [5, 5.41) is 2.74. The molecule has 0 saturated carbocycles. The molecule has 0 aromatic carbocycles. The standard InChI is InChI=1S/C11H14N2O2/c14-11(8-9-4-3-7-15-9)13-10-5-1-2-6-12-10/h1-2,5-6,9H,3-4,7-8H2,(H,12,13,14). The normalized spacial score (nSPS) is 20.1. The molecular formula is C11H14N2O2. The van der Waals surface area contributed by atoms with Gasteiger partial charge >= 0.3 is 0 Å². The van der Waals surface area contributed by atoms with Crippen LogP contribution in [0, 0.1) is 0 Å². The Morgan fingerprint density at radius 2 is 2.53 bits per heavy atom. The van der Waals surface area contributed by atoms with E-state index < -0.39 is 0 Å². The predicted octanol–water partition coefficient (Wildman–Crippen LogP) is 1.59. The van der Waals surface area contributed by atoms with Gasteiger partial charge in [-0.1, -0.05) is 6.07 Å². The summed E-state index contributed by atoms with van der Waals surface area (Å²) in [4.78, 5) is 15.6. The maximum absolute atomic E-state index is 11.5. The minimum Gasteiger partial charge on any atom is -0.378 e. The zero-order chi connectivity index (χ0) is 10.5. The third-order valence-corrected chi connectivity index (χ3v) is 2.37. The van der Waals surface area contributed by atoms with E-state index in [4.69, 9.17) is 4.74 Å². The van der Waals surface area contributed by atoms with Crippen LogP contribution in [0.15, 0.2) is 24.4 Å². The zero-order valence-corrected chi connectivity index (χ0v) is 8.48. The van der Waals surface area contributed by atoms with Gasteiger partial charge in [-0.2, -0.15) is 0 Å². The van der Waals surface area contributed by atoms with Crippen molar-refractivity contribution in [2.45, 2.75) is 25.4 Å². The Bertz CT molecular complexity index is 321. The van der Waals surface area contributed by atoms with Gasteiger partial charge in [0.05, 0.1) is 12.5 Å². The Hall–Kier alpha value is -1.42. The number of nitrogens with zero attached hydrogens (tertiary/aromatic N) is 1. The second-order valence-electron chi connectivity index (χ2n) is 3.60. The summed E-state index contributed by atoms with van der Waals surface area (Å²) in [6.45, 7) is 0.779. The van der Waals surface area contributed by atoms with E-state index in [1.54, 1.807) is 12.3 Å². The molecule has 80 valence electrons. The largest absolute Gasteiger partial charge is 0.378 e. The molecule has 1 atom stereocenters. The molecule has 15 heavy (non-hydrogen) atoms. The van der Waals surface area contributed by atoms with E-state index in [2.05, 4.69) is 10.3 Å². The molecule has 0 bridgehead atoms. The molecule has 1 aromatic heterocycles. The number of anilines is 1. The number of pyridine rings is 1. The predicted molar refractivity (Wildman–Crippen MR) is 56.5 cm³/mol. The van der Waals surface area contributed by atoms with Crippen LogP contribution in [0.1, 0.15) is 19.3 Å². The van der Waals surface area contributed by atoms with Crippen LogP contribution in [0.25, 0.3) is 0 Å². The third-order valence-electron chi connectivity index (χ3n) is 2.37. The van der Waals surface area contributed by atoms with Gasteiger partial charge in [-0.25, -0.2) is 4.98 Å². The average molecular weight is 206 g/mol. The number of carbonyl (C=O) groups excluding carboxylic acids is 1. The first kappa shape index (κ1) is 10.1. The van der Waals surface area contributed by atoms with E-state index in [1.807, 2.05) is 12.1 Å². The van der Waals surface area contributed by atoms with Gasteiger partial charge in [0.2, 0.25) is 5.91 Å². The molecule has 2 rings (SSSR count). The van der Waals surface area contributed by atoms with Crippen LogP contribution in [0.4, 0.5) is 5.82 Å². The van der Waals surface area contributed by atoms with Crippen molar-refractivity contribution in [3.8, 4) is 0 Å². The molecule has 1 N–H and O–H groups in total. The molecule has 2 heterocycles. The number of aromatic nitrogens is 1. The quantitative estimate of drug-likeness (QED) is 0.817. The van der Waals surface area contributed by atoms with Crippen LogP contribution in [-0.2, 0) is 9.53 Å². The fourth-order valence-corrected chi connectivity index (χ4v) is 1.64. The Labute approximate surface area is 88.7 Å². The van der Waals surface area contributed by atoms with E-state index in [1.165, 1.54) is 0 Å². The van der Waals surface area contributed by atoms with Gasteiger partial charge in [-0.3, -0.25) is 4.79 Å². The first-order chi connectivity index (χ1) is 7.34. The molecule has 0 aliphatic carbocycles. The highest BCUT2D eigenvalue weighted by molar-refractivity contribution is 5.90. The van der Waals surface area contributed by atoms with E-state index in [0.29, 0.717) is 12.2 Å². The van der Waals surface area contributed by atoms with E-state index in [0.717, 1.165) is 19.4 Å². The minimum absolute atomic E-state index is 0.0272. The molecule has 4 heteroatoms. The van der Waals surface area contributed by atoms with Crippen LogP contribution >= 0.6 is 0 Å². The summed E-state index contributed by atoms with van der Waals surface area (Å²) >= 11 is 0. The minimum atomic E-state index is -0.0272. The molecule has 1 aliphatic heterocycles. The van der Waals surface area contributed by atoms with E-state index in [9.17, 15) is 4.79 Å². The summed E-state index contributed by atoms with van der Waals surface area (Å²) in [7, 11) is 0. The highest BCUT2D eigenvalue weighted by Crippen LogP contribution is 2.15. The van der Waals surface area contributed by atoms with Crippen LogP contribution in [0.3, 0.4) is 0 Å². The van der Waals surface area contributed by atoms with Crippen molar-refractivity contribution in [1.82, 2.24) is 4.98 Å². The van der Waals surface area contributed by atoms with Gasteiger partial charge in [0.15, 0.2) is 0 Å². The second-order valence-corrected chi connectivity index (χ2v) is 3.60.